The fourth-order valence-electron chi connectivity index (χ4n) is 5.64. The van der Waals surface area contributed by atoms with Crippen LogP contribution in [0.15, 0.2) is 101 Å². The average molecular weight is 747 g/mol. The summed E-state index contributed by atoms with van der Waals surface area (Å²) >= 11 is 1.62. The second-order valence-corrected chi connectivity index (χ2v) is 15.3. The van der Waals surface area contributed by atoms with E-state index in [-0.39, 0.29) is 23.2 Å². The Morgan fingerprint density at radius 2 is 1.81 bits per heavy atom. The second-order valence-electron chi connectivity index (χ2n) is 12.5. The number of carbonyl (C=O) groups excluding carboxylic acids is 2. The number of piperazine rings is 1. The molecule has 4 aromatic rings. The monoisotopic (exact) mass is 746 g/mol. The first-order valence-electron chi connectivity index (χ1n) is 16.6. The Hall–Kier alpha value is -4.96. The van der Waals surface area contributed by atoms with E-state index in [1.165, 1.54) is 24.3 Å². The highest BCUT2D eigenvalue weighted by Crippen LogP contribution is 2.33. The lowest BCUT2D eigenvalue weighted by Gasteiger charge is -2.27. The molecule has 1 aliphatic rings. The van der Waals surface area contributed by atoms with Crippen molar-refractivity contribution in [2.75, 3.05) is 58.5 Å². The van der Waals surface area contributed by atoms with Gasteiger partial charge in [0.15, 0.2) is 0 Å². The minimum Gasteiger partial charge on any atom is -0.496 e. The smallest absolute Gasteiger partial charge is 0.293 e. The average Bonchev–Trinajstić information content (AvgIpc) is 3.13. The van der Waals surface area contributed by atoms with Gasteiger partial charge in [0, 0.05) is 53.5 Å². The number of rotatable bonds is 16. The zero-order chi connectivity index (χ0) is 37.3. The maximum atomic E-state index is 13.3. The van der Waals surface area contributed by atoms with E-state index in [0.29, 0.717) is 37.6 Å². The largest absolute Gasteiger partial charge is 0.496 e. The maximum absolute atomic E-state index is 13.3. The van der Waals surface area contributed by atoms with Crippen molar-refractivity contribution in [3.63, 3.8) is 0 Å². The molecule has 13 nitrogen and oxygen atoms in total. The van der Waals surface area contributed by atoms with Gasteiger partial charge in [-0.2, -0.15) is 0 Å². The number of amides is 2. The van der Waals surface area contributed by atoms with Crippen LogP contribution in [-0.4, -0.2) is 94.1 Å². The number of nitro groups is 1. The maximum Gasteiger partial charge on any atom is 0.293 e. The van der Waals surface area contributed by atoms with E-state index in [9.17, 15) is 28.1 Å². The van der Waals surface area contributed by atoms with Crippen LogP contribution in [0, 0.1) is 10.1 Å². The highest BCUT2D eigenvalue weighted by atomic mass is 32.2. The van der Waals surface area contributed by atoms with Crippen molar-refractivity contribution < 1.29 is 27.7 Å². The minimum atomic E-state index is -4.47. The first kappa shape index (κ1) is 38.3. The number of hydrogen-bond acceptors (Lipinski definition) is 11. The number of ether oxygens (including phenoxy) is 1. The van der Waals surface area contributed by atoms with E-state index in [1.54, 1.807) is 35.9 Å². The first-order chi connectivity index (χ1) is 24.9. The summed E-state index contributed by atoms with van der Waals surface area (Å²) in [5.74, 6) is 0.353. The van der Waals surface area contributed by atoms with E-state index >= 15 is 0 Å². The zero-order valence-corrected chi connectivity index (χ0v) is 30.8. The second kappa shape index (κ2) is 17.5. The molecule has 5 rings (SSSR count). The number of carbonyl (C=O) groups is 2. The molecular weight excluding hydrogens is 705 g/mol. The van der Waals surface area contributed by atoms with E-state index in [0.717, 1.165) is 40.7 Å². The summed E-state index contributed by atoms with van der Waals surface area (Å²) < 4.78 is 34.3. The van der Waals surface area contributed by atoms with Crippen molar-refractivity contribution in [3.05, 3.63) is 112 Å². The molecule has 2 amide bonds. The standard InChI is InChI=1S/C37H42N6O7S2/c1-41(2)19-17-29(25-51-30-7-5-4-6-8-30)39-33-16-14-31(22-34(33)43(46)47)52(48,49)40-37(45)28-12-10-27(11-13-28)32-15-9-26(21-35(32)50-3)24-42-20-18-38-23-36(42)44/h4-16,21-22,29,38-39H,17-20,23-25H2,1-3H3,(H,40,45)/t29-/m1/s1. The van der Waals surface area contributed by atoms with Crippen molar-refractivity contribution in [2.24, 2.45) is 0 Å². The van der Waals surface area contributed by atoms with Crippen molar-refractivity contribution in [1.29, 1.82) is 0 Å². The fraction of sp³-hybridized carbons (Fsp3) is 0.297. The van der Waals surface area contributed by atoms with Gasteiger partial charge in [0.2, 0.25) is 5.91 Å². The molecule has 4 aromatic carbocycles. The SMILES string of the molecule is COc1cc(CN2CCNCC2=O)ccc1-c1ccc(C(=O)NS(=O)(=O)c2ccc(N[C@H](CCN(C)C)CSc3ccccc3)c([N+](=O)[O-])c2)cc1. The third kappa shape index (κ3) is 10.1. The van der Waals surface area contributed by atoms with E-state index in [1.807, 2.05) is 72.2 Å². The molecule has 0 bridgehead atoms. The van der Waals surface area contributed by atoms with Crippen LogP contribution in [0.1, 0.15) is 22.3 Å². The van der Waals surface area contributed by atoms with Crippen LogP contribution in [0.2, 0.25) is 0 Å². The number of nitrogens with zero attached hydrogens (tertiary/aromatic N) is 3. The Morgan fingerprint density at radius 3 is 2.48 bits per heavy atom. The highest BCUT2D eigenvalue weighted by Gasteiger charge is 2.25. The van der Waals surface area contributed by atoms with E-state index in [2.05, 4.69) is 10.6 Å². The van der Waals surface area contributed by atoms with Crippen LogP contribution in [0.4, 0.5) is 11.4 Å². The topological polar surface area (TPSA) is 163 Å². The molecule has 274 valence electrons. The minimum absolute atomic E-state index is 0.0335. The number of thioether (sulfide) groups is 1. The van der Waals surface area contributed by atoms with Crippen LogP contribution < -0.4 is 20.1 Å². The van der Waals surface area contributed by atoms with E-state index in [4.69, 9.17) is 4.74 Å². The summed E-state index contributed by atoms with van der Waals surface area (Å²) in [5, 5.41) is 18.4. The summed E-state index contributed by atoms with van der Waals surface area (Å²) in [7, 11) is 0.978. The summed E-state index contributed by atoms with van der Waals surface area (Å²) in [6.07, 6.45) is 0.690. The highest BCUT2D eigenvalue weighted by molar-refractivity contribution is 7.99. The van der Waals surface area contributed by atoms with Crippen molar-refractivity contribution in [2.45, 2.75) is 28.8 Å². The van der Waals surface area contributed by atoms with Crippen LogP contribution in [0.25, 0.3) is 11.1 Å². The molecule has 0 aliphatic carbocycles. The molecule has 15 heteroatoms. The van der Waals surface area contributed by atoms with Gasteiger partial charge in [0.1, 0.15) is 11.4 Å². The molecule has 0 aromatic heterocycles. The molecule has 52 heavy (non-hydrogen) atoms. The predicted molar refractivity (Wildman–Crippen MR) is 202 cm³/mol. The molecule has 0 saturated carbocycles. The Morgan fingerprint density at radius 1 is 1.06 bits per heavy atom. The number of hydrogen-bond donors (Lipinski definition) is 3. The Labute approximate surface area is 307 Å². The molecule has 1 saturated heterocycles. The van der Waals surface area contributed by atoms with Crippen molar-refractivity contribution in [1.82, 2.24) is 19.8 Å². The third-order valence-electron chi connectivity index (χ3n) is 8.47. The Bertz CT molecular complexity index is 1990. The van der Waals surface area contributed by atoms with Gasteiger partial charge in [0.05, 0.1) is 23.5 Å². The van der Waals surface area contributed by atoms with E-state index < -0.39 is 31.4 Å². The molecule has 0 unspecified atom stereocenters. The number of sulfonamides is 1. The van der Waals surface area contributed by atoms with Crippen LogP contribution in [0.3, 0.4) is 0 Å². The normalized spacial score (nSPS) is 13.8. The van der Waals surface area contributed by atoms with Gasteiger partial charge in [-0.05, 0) is 80.7 Å². The molecule has 1 heterocycles. The number of nitrogens with one attached hydrogen (secondary N) is 3. The summed E-state index contributed by atoms with van der Waals surface area (Å²) in [6, 6.07) is 25.2. The van der Waals surface area contributed by atoms with Gasteiger partial charge < -0.3 is 25.2 Å². The zero-order valence-electron chi connectivity index (χ0n) is 29.2. The van der Waals surface area contributed by atoms with Gasteiger partial charge in [-0.25, -0.2) is 13.1 Å². The van der Waals surface area contributed by atoms with Crippen LogP contribution >= 0.6 is 11.8 Å². The van der Waals surface area contributed by atoms with Gasteiger partial charge in [0.25, 0.3) is 21.6 Å². The number of nitro benzene ring substituents is 1. The summed E-state index contributed by atoms with van der Waals surface area (Å²) in [6.45, 7) is 2.86. The summed E-state index contributed by atoms with van der Waals surface area (Å²) in [4.78, 5) is 41.3. The number of benzene rings is 4. The lowest BCUT2D eigenvalue weighted by atomic mass is 10.0. The van der Waals surface area contributed by atoms with Crippen LogP contribution in [0.5, 0.6) is 5.75 Å². The van der Waals surface area contributed by atoms with Crippen LogP contribution in [-0.2, 0) is 21.4 Å². The number of anilines is 1. The molecular formula is C37H42N6O7S2. The van der Waals surface area contributed by atoms with Gasteiger partial charge >= 0.3 is 0 Å². The van der Waals surface area contributed by atoms with Crippen molar-refractivity contribution in [3.8, 4) is 16.9 Å². The summed E-state index contributed by atoms with van der Waals surface area (Å²) in [5.41, 5.74) is 2.23. The van der Waals surface area contributed by atoms with Gasteiger partial charge in [-0.1, -0.05) is 42.5 Å². The molecule has 1 aliphatic heterocycles. The molecule has 0 radical (unpaired) electrons. The third-order valence-corrected chi connectivity index (χ3v) is 11.0. The fourth-order valence-corrected chi connectivity index (χ4v) is 7.63. The molecule has 1 fully saturated rings. The van der Waals surface area contributed by atoms with Gasteiger partial charge in [-0.3, -0.25) is 19.7 Å². The Kier molecular flexibility index (Phi) is 12.9. The lowest BCUT2D eigenvalue weighted by Crippen LogP contribution is -2.47. The molecule has 3 N–H and O–H groups in total. The first-order valence-corrected chi connectivity index (χ1v) is 19.1. The van der Waals surface area contributed by atoms with Crippen molar-refractivity contribution >= 4 is 45.0 Å². The van der Waals surface area contributed by atoms with Gasteiger partial charge in [-0.15, -0.1) is 11.8 Å². The Balaban J connectivity index is 1.28. The molecule has 0 spiro atoms. The molecule has 1 atom stereocenters. The predicted octanol–water partition coefficient (Wildman–Crippen LogP) is 4.85. The number of methoxy groups -OCH3 is 1. The lowest BCUT2D eigenvalue weighted by molar-refractivity contribution is -0.384. The quantitative estimate of drug-likeness (QED) is 0.0817.